The average molecular weight is 256 g/mol. The number of thioether (sulfide) groups is 1. The van der Waals surface area contributed by atoms with Crippen LogP contribution >= 0.6 is 23.1 Å². The largest absolute Gasteiger partial charge is 0.309 e. The van der Waals surface area contributed by atoms with Crippen molar-refractivity contribution in [1.82, 2.24) is 10.3 Å². The molecule has 0 saturated heterocycles. The maximum Gasteiger partial charge on any atom is 0.106 e. The Bertz CT molecular complexity index is 292. The van der Waals surface area contributed by atoms with Gasteiger partial charge in [0.2, 0.25) is 0 Å². The Morgan fingerprint density at radius 3 is 2.88 bits per heavy atom. The molecule has 1 saturated carbocycles. The molecule has 0 spiro atoms. The van der Waals surface area contributed by atoms with Gasteiger partial charge in [0.1, 0.15) is 5.01 Å². The van der Waals surface area contributed by atoms with Crippen molar-refractivity contribution in [3.8, 4) is 0 Å². The van der Waals surface area contributed by atoms with Gasteiger partial charge in [-0.25, -0.2) is 4.98 Å². The molecule has 1 heterocycles. The molecule has 0 amide bonds. The zero-order valence-electron chi connectivity index (χ0n) is 9.87. The number of rotatable bonds is 5. The minimum absolute atomic E-state index is 0.496. The maximum absolute atomic E-state index is 4.30. The fourth-order valence-corrected chi connectivity index (χ4v) is 3.92. The molecule has 0 atom stereocenters. The summed E-state index contributed by atoms with van der Waals surface area (Å²) in [7, 11) is 0. The van der Waals surface area contributed by atoms with Gasteiger partial charge in [-0.2, -0.15) is 11.8 Å². The Balaban J connectivity index is 1.78. The lowest BCUT2D eigenvalue weighted by molar-refractivity contribution is 0.379. The smallest absolute Gasteiger partial charge is 0.106 e. The van der Waals surface area contributed by atoms with Crippen LogP contribution in [-0.4, -0.2) is 22.5 Å². The molecular formula is C12H20N2S2. The second kappa shape index (κ2) is 6.03. The molecule has 1 fully saturated rings. The molecule has 0 bridgehead atoms. The van der Waals surface area contributed by atoms with E-state index in [-0.39, 0.29) is 0 Å². The van der Waals surface area contributed by atoms with E-state index >= 15 is 0 Å². The Hall–Kier alpha value is -0.0600. The molecule has 2 nitrogen and oxygen atoms in total. The lowest BCUT2D eigenvalue weighted by Crippen LogP contribution is -2.39. The second-order valence-electron chi connectivity index (χ2n) is 4.48. The van der Waals surface area contributed by atoms with E-state index < -0.39 is 0 Å². The number of nitrogens with zero attached hydrogens (tertiary/aromatic N) is 1. The van der Waals surface area contributed by atoms with Crippen molar-refractivity contribution in [2.24, 2.45) is 0 Å². The van der Waals surface area contributed by atoms with E-state index in [2.05, 4.69) is 28.3 Å². The third-order valence-electron chi connectivity index (χ3n) is 3.40. The van der Waals surface area contributed by atoms with Crippen LogP contribution in [0.25, 0.3) is 0 Å². The topological polar surface area (TPSA) is 24.9 Å². The molecule has 90 valence electrons. The monoisotopic (exact) mass is 256 g/mol. The molecule has 1 aliphatic carbocycles. The third kappa shape index (κ3) is 3.22. The summed E-state index contributed by atoms with van der Waals surface area (Å²) >= 11 is 3.79. The van der Waals surface area contributed by atoms with Crippen LogP contribution in [0.5, 0.6) is 0 Å². The first-order valence-corrected chi connectivity index (χ1v) is 8.09. The van der Waals surface area contributed by atoms with E-state index in [1.807, 2.05) is 11.6 Å². The minimum Gasteiger partial charge on any atom is -0.309 e. The molecule has 16 heavy (non-hydrogen) atoms. The van der Waals surface area contributed by atoms with Crippen LogP contribution in [0.3, 0.4) is 0 Å². The lowest BCUT2D eigenvalue weighted by atomic mass is 9.88. The van der Waals surface area contributed by atoms with E-state index in [0.717, 1.165) is 13.1 Å². The highest BCUT2D eigenvalue weighted by Gasteiger charge is 2.30. The number of thiazole rings is 1. The van der Waals surface area contributed by atoms with Gasteiger partial charge in [-0.05, 0) is 19.1 Å². The maximum atomic E-state index is 4.30. The summed E-state index contributed by atoms with van der Waals surface area (Å²) in [5.74, 6) is 0. The Kier molecular flexibility index (Phi) is 4.67. The van der Waals surface area contributed by atoms with Gasteiger partial charge in [-0.3, -0.25) is 0 Å². The molecule has 0 aromatic carbocycles. The Labute approximate surface area is 106 Å². The molecular weight excluding hydrogens is 236 g/mol. The first-order valence-electron chi connectivity index (χ1n) is 5.99. The van der Waals surface area contributed by atoms with E-state index in [1.54, 1.807) is 11.3 Å². The number of aromatic nitrogens is 1. The highest BCUT2D eigenvalue weighted by molar-refractivity contribution is 8.00. The zero-order valence-corrected chi connectivity index (χ0v) is 11.5. The normalized spacial score (nSPS) is 19.8. The summed E-state index contributed by atoms with van der Waals surface area (Å²) < 4.78 is 0.496. The Morgan fingerprint density at radius 2 is 2.25 bits per heavy atom. The fraction of sp³-hybridized carbons (Fsp3) is 0.750. The van der Waals surface area contributed by atoms with Crippen LogP contribution in [0.1, 0.15) is 37.1 Å². The molecule has 1 aromatic rings. The highest BCUT2D eigenvalue weighted by Crippen LogP contribution is 2.37. The molecule has 0 unspecified atom stereocenters. The summed E-state index contributed by atoms with van der Waals surface area (Å²) in [4.78, 5) is 4.30. The molecule has 1 aliphatic rings. The van der Waals surface area contributed by atoms with Crippen molar-refractivity contribution in [3.63, 3.8) is 0 Å². The summed E-state index contributed by atoms with van der Waals surface area (Å²) in [6.45, 7) is 2.06. The van der Waals surface area contributed by atoms with Crippen molar-refractivity contribution >= 4 is 23.1 Å². The summed E-state index contributed by atoms with van der Waals surface area (Å²) in [5, 5.41) is 6.82. The van der Waals surface area contributed by atoms with Gasteiger partial charge >= 0.3 is 0 Å². The second-order valence-corrected chi connectivity index (χ2v) is 6.73. The highest BCUT2D eigenvalue weighted by atomic mass is 32.2. The van der Waals surface area contributed by atoms with Gasteiger partial charge in [0, 0.05) is 29.4 Å². The average Bonchev–Trinajstić information content (AvgIpc) is 2.83. The van der Waals surface area contributed by atoms with Crippen LogP contribution in [0.2, 0.25) is 0 Å². The summed E-state index contributed by atoms with van der Waals surface area (Å²) in [6, 6.07) is 0. The van der Waals surface area contributed by atoms with Gasteiger partial charge in [0.05, 0.1) is 0 Å². The van der Waals surface area contributed by atoms with Gasteiger partial charge in [-0.15, -0.1) is 11.3 Å². The molecule has 1 N–H and O–H groups in total. The first-order chi connectivity index (χ1) is 7.85. The number of nitrogens with one attached hydrogen (secondary N) is 1. The van der Waals surface area contributed by atoms with Crippen LogP contribution in [0.4, 0.5) is 0 Å². The molecule has 0 radical (unpaired) electrons. The van der Waals surface area contributed by atoms with Crippen molar-refractivity contribution < 1.29 is 0 Å². The standard InChI is InChI=1S/C12H20N2S2/c1-15-12(5-3-2-4-6-12)10-13-9-11-14-7-8-16-11/h7-8,13H,2-6,9-10H2,1H3. The quantitative estimate of drug-likeness (QED) is 0.875. The molecule has 1 aromatic heterocycles. The summed E-state index contributed by atoms with van der Waals surface area (Å²) in [6.07, 6.45) is 11.1. The lowest BCUT2D eigenvalue weighted by Gasteiger charge is -2.35. The van der Waals surface area contributed by atoms with Gasteiger partial charge in [-0.1, -0.05) is 19.3 Å². The van der Waals surface area contributed by atoms with Crippen molar-refractivity contribution in [2.75, 3.05) is 12.8 Å². The van der Waals surface area contributed by atoms with Crippen molar-refractivity contribution in [1.29, 1.82) is 0 Å². The summed E-state index contributed by atoms with van der Waals surface area (Å²) in [5.41, 5.74) is 0. The minimum atomic E-state index is 0.496. The van der Waals surface area contributed by atoms with Crippen LogP contribution in [-0.2, 0) is 6.54 Å². The van der Waals surface area contributed by atoms with E-state index in [1.165, 1.54) is 37.1 Å². The fourth-order valence-electron chi connectivity index (χ4n) is 2.39. The van der Waals surface area contributed by atoms with Gasteiger partial charge in [0.25, 0.3) is 0 Å². The predicted molar refractivity (Wildman–Crippen MR) is 73.2 cm³/mol. The van der Waals surface area contributed by atoms with E-state index in [4.69, 9.17) is 0 Å². The van der Waals surface area contributed by atoms with E-state index in [9.17, 15) is 0 Å². The van der Waals surface area contributed by atoms with E-state index in [0.29, 0.717) is 4.75 Å². The Morgan fingerprint density at radius 1 is 1.44 bits per heavy atom. The zero-order chi connectivity index (χ0) is 11.3. The molecule has 2 rings (SSSR count). The van der Waals surface area contributed by atoms with Crippen LogP contribution in [0.15, 0.2) is 11.6 Å². The predicted octanol–water partition coefficient (Wildman–Crippen LogP) is 3.30. The first kappa shape index (κ1) is 12.4. The molecule has 4 heteroatoms. The number of hydrogen-bond donors (Lipinski definition) is 1. The number of hydrogen-bond acceptors (Lipinski definition) is 4. The van der Waals surface area contributed by atoms with Crippen LogP contribution in [0, 0.1) is 0 Å². The third-order valence-corrected chi connectivity index (χ3v) is 5.60. The van der Waals surface area contributed by atoms with Crippen molar-refractivity contribution in [2.45, 2.75) is 43.4 Å². The van der Waals surface area contributed by atoms with Crippen molar-refractivity contribution in [3.05, 3.63) is 16.6 Å². The molecule has 0 aliphatic heterocycles. The van der Waals surface area contributed by atoms with Gasteiger partial charge in [0.15, 0.2) is 0 Å². The van der Waals surface area contributed by atoms with Crippen LogP contribution < -0.4 is 5.32 Å². The van der Waals surface area contributed by atoms with Gasteiger partial charge < -0.3 is 5.32 Å². The SMILES string of the molecule is CSC1(CNCc2nccs2)CCCCC1.